The summed E-state index contributed by atoms with van der Waals surface area (Å²) in [5, 5.41) is 13.8. The lowest BCUT2D eigenvalue weighted by Crippen LogP contribution is -2.41. The second-order valence-electron chi connectivity index (χ2n) is 6.50. The van der Waals surface area contributed by atoms with E-state index in [9.17, 15) is 23.3 Å². The van der Waals surface area contributed by atoms with Crippen molar-refractivity contribution in [3.05, 3.63) is 64.2 Å². The Kier molecular flexibility index (Phi) is 7.16. The van der Waals surface area contributed by atoms with Crippen LogP contribution < -0.4 is 14.4 Å². The number of non-ortho nitro benzene ring substituents is 1. The normalized spacial score (nSPS) is 12.1. The topological polar surface area (TPSA) is 119 Å². The molecule has 0 heterocycles. The summed E-state index contributed by atoms with van der Waals surface area (Å²) in [6, 6.07) is 13.1. The van der Waals surface area contributed by atoms with E-state index in [1.807, 2.05) is 37.3 Å². The minimum atomic E-state index is -3.91. The number of hydrogen-bond acceptors (Lipinski definition) is 6. The summed E-state index contributed by atoms with van der Waals surface area (Å²) in [4.78, 5) is 22.9. The highest BCUT2D eigenvalue weighted by molar-refractivity contribution is 7.92. The second kappa shape index (κ2) is 9.37. The quantitative estimate of drug-likeness (QED) is 0.490. The van der Waals surface area contributed by atoms with Crippen LogP contribution in [0.25, 0.3) is 0 Å². The minimum Gasteiger partial charge on any atom is -0.495 e. The number of nitro benzene ring substituents is 1. The van der Waals surface area contributed by atoms with E-state index in [4.69, 9.17) is 4.74 Å². The van der Waals surface area contributed by atoms with Crippen LogP contribution in [0.5, 0.6) is 5.75 Å². The molecule has 0 radical (unpaired) electrons. The maximum absolute atomic E-state index is 12.4. The largest absolute Gasteiger partial charge is 0.495 e. The Hall–Kier alpha value is -3.14. The number of carbonyl (C=O) groups is 1. The highest BCUT2D eigenvalue weighted by atomic mass is 32.2. The highest BCUT2D eigenvalue weighted by Crippen LogP contribution is 2.33. The van der Waals surface area contributed by atoms with Gasteiger partial charge in [0.25, 0.3) is 5.69 Å². The Morgan fingerprint density at radius 3 is 2.45 bits per heavy atom. The van der Waals surface area contributed by atoms with Gasteiger partial charge in [-0.1, -0.05) is 37.3 Å². The second-order valence-corrected chi connectivity index (χ2v) is 8.41. The molecule has 0 spiro atoms. The van der Waals surface area contributed by atoms with Crippen molar-refractivity contribution < 1.29 is 22.9 Å². The fourth-order valence-corrected chi connectivity index (χ4v) is 3.57. The number of nitrogens with zero attached hydrogens (tertiary/aromatic N) is 2. The maximum atomic E-state index is 12.4. The zero-order chi connectivity index (χ0) is 21.6. The van der Waals surface area contributed by atoms with Crippen molar-refractivity contribution in [3.8, 4) is 5.75 Å². The van der Waals surface area contributed by atoms with Gasteiger partial charge in [0.05, 0.1) is 18.3 Å². The first kappa shape index (κ1) is 22.2. The van der Waals surface area contributed by atoms with Gasteiger partial charge in [-0.3, -0.25) is 19.2 Å². The van der Waals surface area contributed by atoms with Gasteiger partial charge in [-0.25, -0.2) is 8.42 Å². The Balaban J connectivity index is 2.21. The minimum absolute atomic E-state index is 0.0270. The Morgan fingerprint density at radius 2 is 1.90 bits per heavy atom. The van der Waals surface area contributed by atoms with Gasteiger partial charge in [-0.05, 0) is 17.5 Å². The van der Waals surface area contributed by atoms with Crippen LogP contribution in [0.2, 0.25) is 0 Å². The smallest absolute Gasteiger partial charge is 0.271 e. The third-order valence-electron chi connectivity index (χ3n) is 4.30. The Bertz CT molecular complexity index is 979. The monoisotopic (exact) mass is 421 g/mol. The molecule has 2 rings (SSSR count). The van der Waals surface area contributed by atoms with E-state index in [1.165, 1.54) is 19.2 Å². The summed E-state index contributed by atoms with van der Waals surface area (Å²) in [7, 11) is -2.60. The molecule has 0 bridgehead atoms. The van der Waals surface area contributed by atoms with Crippen molar-refractivity contribution in [2.45, 2.75) is 12.8 Å². The number of rotatable bonds is 9. The highest BCUT2D eigenvalue weighted by Gasteiger charge is 2.26. The van der Waals surface area contributed by atoms with Crippen LogP contribution in [0.15, 0.2) is 48.5 Å². The summed E-state index contributed by atoms with van der Waals surface area (Å²) in [6.07, 6.45) is 0.922. The van der Waals surface area contributed by atoms with Crippen LogP contribution in [0.3, 0.4) is 0 Å². The fraction of sp³-hybridized carbons (Fsp3) is 0.316. The first-order chi connectivity index (χ1) is 13.6. The number of amides is 1. The molecule has 0 fully saturated rings. The number of methoxy groups -OCH3 is 1. The maximum Gasteiger partial charge on any atom is 0.271 e. The van der Waals surface area contributed by atoms with Crippen molar-refractivity contribution in [1.82, 2.24) is 5.32 Å². The van der Waals surface area contributed by atoms with Gasteiger partial charge in [-0.2, -0.15) is 0 Å². The van der Waals surface area contributed by atoms with Gasteiger partial charge in [0.2, 0.25) is 15.9 Å². The fourth-order valence-electron chi connectivity index (χ4n) is 2.72. The average molecular weight is 421 g/mol. The molecule has 10 heteroatoms. The molecule has 0 unspecified atom stereocenters. The van der Waals surface area contributed by atoms with Gasteiger partial charge in [0.1, 0.15) is 18.0 Å². The van der Waals surface area contributed by atoms with Gasteiger partial charge in [0.15, 0.2) is 0 Å². The number of nitrogens with one attached hydrogen (secondary N) is 1. The standard InChI is InChI=1S/C19H23N3O6S/c1-14(15-7-5-4-6-8-15)12-20-19(23)13-21(29(3,26)27)17-11-16(22(24)25)9-10-18(17)28-2/h4-11,14H,12-13H2,1-3H3,(H,20,23)/t14-/m0/s1. The molecule has 0 aliphatic carbocycles. The van der Waals surface area contributed by atoms with Crippen LogP contribution in [-0.2, 0) is 14.8 Å². The van der Waals surface area contributed by atoms with E-state index in [0.717, 1.165) is 22.2 Å². The van der Waals surface area contributed by atoms with Crippen molar-refractivity contribution in [2.75, 3.05) is 30.8 Å². The third-order valence-corrected chi connectivity index (χ3v) is 5.43. The molecule has 1 atom stereocenters. The molecule has 2 aromatic carbocycles. The summed E-state index contributed by atoms with van der Waals surface area (Å²) in [5.74, 6) is -0.405. The number of sulfonamides is 1. The first-order valence-corrected chi connectivity index (χ1v) is 10.6. The molecular weight excluding hydrogens is 398 g/mol. The summed E-state index contributed by atoms with van der Waals surface area (Å²) < 4.78 is 30.5. The number of hydrogen-bond donors (Lipinski definition) is 1. The van der Waals surface area contributed by atoms with Gasteiger partial charge in [-0.15, -0.1) is 0 Å². The van der Waals surface area contributed by atoms with Crippen molar-refractivity contribution in [3.63, 3.8) is 0 Å². The van der Waals surface area contributed by atoms with E-state index in [2.05, 4.69) is 5.32 Å². The van der Waals surface area contributed by atoms with Gasteiger partial charge < -0.3 is 10.1 Å². The summed E-state index contributed by atoms with van der Waals surface area (Å²) in [6.45, 7) is 1.72. The van der Waals surface area contributed by atoms with E-state index in [0.29, 0.717) is 6.54 Å². The van der Waals surface area contributed by atoms with Crippen molar-refractivity contribution >= 4 is 27.3 Å². The summed E-state index contributed by atoms with van der Waals surface area (Å²) >= 11 is 0. The number of benzene rings is 2. The predicted molar refractivity (Wildman–Crippen MR) is 110 cm³/mol. The molecule has 0 aliphatic heterocycles. The van der Waals surface area contributed by atoms with E-state index in [-0.39, 0.29) is 23.0 Å². The molecule has 0 saturated heterocycles. The Morgan fingerprint density at radius 1 is 1.24 bits per heavy atom. The summed E-state index contributed by atoms with van der Waals surface area (Å²) in [5.41, 5.74) is 0.649. The van der Waals surface area contributed by atoms with Crippen molar-refractivity contribution in [1.29, 1.82) is 0 Å². The molecule has 2 aromatic rings. The number of anilines is 1. The molecule has 1 N–H and O–H groups in total. The Labute approximate surface area is 169 Å². The van der Waals surface area contributed by atoms with Crippen LogP contribution in [0.1, 0.15) is 18.4 Å². The molecule has 29 heavy (non-hydrogen) atoms. The van der Waals surface area contributed by atoms with E-state index < -0.39 is 27.4 Å². The molecule has 9 nitrogen and oxygen atoms in total. The van der Waals surface area contributed by atoms with Crippen LogP contribution in [-0.4, -0.2) is 45.7 Å². The van der Waals surface area contributed by atoms with Crippen LogP contribution in [0.4, 0.5) is 11.4 Å². The molecule has 156 valence electrons. The molecule has 1 amide bonds. The first-order valence-electron chi connectivity index (χ1n) is 8.75. The zero-order valence-corrected chi connectivity index (χ0v) is 17.2. The number of nitro groups is 1. The lowest BCUT2D eigenvalue weighted by atomic mass is 10.0. The lowest BCUT2D eigenvalue weighted by molar-refractivity contribution is -0.384. The van der Waals surface area contributed by atoms with Crippen LogP contribution in [0, 0.1) is 10.1 Å². The van der Waals surface area contributed by atoms with E-state index in [1.54, 1.807) is 0 Å². The number of carbonyl (C=O) groups excluding carboxylic acids is 1. The van der Waals surface area contributed by atoms with Crippen LogP contribution >= 0.6 is 0 Å². The molecular formula is C19H23N3O6S. The number of ether oxygens (including phenoxy) is 1. The van der Waals surface area contributed by atoms with E-state index >= 15 is 0 Å². The molecule has 0 aliphatic rings. The predicted octanol–water partition coefficient (Wildman–Crippen LogP) is 2.29. The van der Waals surface area contributed by atoms with Gasteiger partial charge >= 0.3 is 0 Å². The molecule has 0 saturated carbocycles. The molecule has 0 aromatic heterocycles. The SMILES string of the molecule is COc1ccc([N+](=O)[O-])cc1N(CC(=O)NC[C@H](C)c1ccccc1)S(C)(=O)=O. The van der Waals surface area contributed by atoms with Crippen molar-refractivity contribution in [2.24, 2.45) is 0 Å². The lowest BCUT2D eigenvalue weighted by Gasteiger charge is -2.24. The third kappa shape index (κ3) is 5.92. The van der Waals surface area contributed by atoms with Gasteiger partial charge in [0, 0.05) is 18.7 Å². The average Bonchev–Trinajstić information content (AvgIpc) is 2.69. The zero-order valence-electron chi connectivity index (χ0n) is 16.4.